The Hall–Kier alpha value is -1.59. The lowest BCUT2D eigenvalue weighted by Gasteiger charge is -2.26. The number of nitrogens with two attached hydrogens (primary N) is 1. The number of carbonyl (C=O) groups excluding carboxylic acids is 1. The number of hydrogen-bond acceptors (Lipinski definition) is 4. The molecule has 0 spiro atoms. The summed E-state index contributed by atoms with van der Waals surface area (Å²) < 4.78 is 5.09. The van der Waals surface area contributed by atoms with Gasteiger partial charge in [-0.15, -0.1) is 0 Å². The molecule has 2 rings (SSSR count). The predicted molar refractivity (Wildman–Crippen MR) is 90.0 cm³/mol. The molecule has 5 heteroatoms. The lowest BCUT2D eigenvalue weighted by atomic mass is 9.84. The summed E-state index contributed by atoms with van der Waals surface area (Å²) in [6, 6.07) is 6.95. The monoisotopic (exact) mass is 320 g/mol. The molecule has 0 radical (unpaired) electrons. The average Bonchev–Trinajstić information content (AvgIpc) is 2.60. The van der Waals surface area contributed by atoms with Crippen LogP contribution in [0.1, 0.15) is 44.1 Å². The number of rotatable bonds is 7. The van der Waals surface area contributed by atoms with Crippen molar-refractivity contribution >= 4 is 5.91 Å². The first-order valence-corrected chi connectivity index (χ1v) is 8.44. The van der Waals surface area contributed by atoms with Crippen LogP contribution in [0.4, 0.5) is 0 Å². The number of aliphatic hydroxyl groups is 1. The molecule has 1 aromatic carbocycles. The minimum atomic E-state index is -1.14. The van der Waals surface area contributed by atoms with Crippen molar-refractivity contribution in [3.63, 3.8) is 0 Å². The Kier molecular flexibility index (Phi) is 6.86. The van der Waals surface area contributed by atoms with Gasteiger partial charge >= 0.3 is 0 Å². The first-order chi connectivity index (χ1) is 11.1. The van der Waals surface area contributed by atoms with Crippen LogP contribution in [0.25, 0.3) is 0 Å². The third-order valence-corrected chi connectivity index (χ3v) is 4.63. The molecule has 4 N–H and O–H groups in total. The molecule has 0 aromatic heterocycles. The summed E-state index contributed by atoms with van der Waals surface area (Å²) in [5.74, 6) is 0.918. The van der Waals surface area contributed by atoms with Crippen molar-refractivity contribution in [2.45, 2.75) is 57.2 Å². The largest absolute Gasteiger partial charge is 0.497 e. The number of amides is 1. The first kappa shape index (κ1) is 17.8. The van der Waals surface area contributed by atoms with E-state index in [1.54, 1.807) is 7.11 Å². The molecule has 1 amide bonds. The zero-order chi connectivity index (χ0) is 16.7. The van der Waals surface area contributed by atoms with Crippen LogP contribution in [-0.4, -0.2) is 30.3 Å². The van der Waals surface area contributed by atoms with E-state index in [2.05, 4.69) is 5.32 Å². The summed E-state index contributed by atoms with van der Waals surface area (Å²) in [4.78, 5) is 12.1. The van der Waals surface area contributed by atoms with Gasteiger partial charge in [0.2, 0.25) is 0 Å². The molecule has 5 nitrogen and oxygen atoms in total. The number of benzene rings is 1. The Morgan fingerprint density at radius 2 is 1.96 bits per heavy atom. The van der Waals surface area contributed by atoms with Crippen LogP contribution < -0.4 is 15.8 Å². The Morgan fingerprint density at radius 1 is 1.30 bits per heavy atom. The van der Waals surface area contributed by atoms with Crippen molar-refractivity contribution < 1.29 is 14.6 Å². The lowest BCUT2D eigenvalue weighted by molar-refractivity contribution is -0.130. The quantitative estimate of drug-likeness (QED) is 0.717. The first-order valence-electron chi connectivity index (χ1n) is 8.44. The molecule has 0 saturated heterocycles. The van der Waals surface area contributed by atoms with Gasteiger partial charge in [0.1, 0.15) is 11.9 Å². The van der Waals surface area contributed by atoms with E-state index in [1.807, 2.05) is 24.3 Å². The van der Waals surface area contributed by atoms with Crippen molar-refractivity contribution in [3.8, 4) is 5.75 Å². The fraction of sp³-hybridized carbons (Fsp3) is 0.611. The molecular weight excluding hydrogens is 292 g/mol. The Bertz CT molecular complexity index is 484. The molecule has 1 fully saturated rings. The number of carbonyl (C=O) groups is 1. The molecule has 1 aliphatic rings. The summed E-state index contributed by atoms with van der Waals surface area (Å²) in [6.45, 7) is 0.371. The smallest absolute Gasteiger partial charge is 0.250 e. The number of aliphatic hydroxyl groups excluding tert-OH is 1. The second-order valence-corrected chi connectivity index (χ2v) is 6.41. The van der Waals surface area contributed by atoms with Crippen LogP contribution in [-0.2, 0) is 11.3 Å². The summed E-state index contributed by atoms with van der Waals surface area (Å²) in [5.41, 5.74) is 6.98. The van der Waals surface area contributed by atoms with Gasteiger partial charge in [0.05, 0.1) is 7.11 Å². The molecule has 2 atom stereocenters. The van der Waals surface area contributed by atoms with Gasteiger partial charge < -0.3 is 20.9 Å². The molecule has 1 unspecified atom stereocenters. The fourth-order valence-corrected chi connectivity index (χ4v) is 3.17. The Morgan fingerprint density at radius 3 is 2.57 bits per heavy atom. The van der Waals surface area contributed by atoms with Crippen LogP contribution in [0.3, 0.4) is 0 Å². The topological polar surface area (TPSA) is 84.6 Å². The van der Waals surface area contributed by atoms with Gasteiger partial charge in [-0.3, -0.25) is 4.79 Å². The van der Waals surface area contributed by atoms with Crippen molar-refractivity contribution in [3.05, 3.63) is 29.8 Å². The zero-order valence-corrected chi connectivity index (χ0v) is 13.8. The van der Waals surface area contributed by atoms with Crippen LogP contribution in [0.15, 0.2) is 24.3 Å². The van der Waals surface area contributed by atoms with Crippen LogP contribution in [0.5, 0.6) is 5.75 Å². The van der Waals surface area contributed by atoms with Gasteiger partial charge in [0.15, 0.2) is 0 Å². The second kappa shape index (κ2) is 8.89. The van der Waals surface area contributed by atoms with Gasteiger partial charge in [-0.05, 0) is 30.0 Å². The number of hydrogen-bond donors (Lipinski definition) is 3. The average molecular weight is 320 g/mol. The minimum absolute atomic E-state index is 0.371. The molecule has 0 aliphatic heterocycles. The van der Waals surface area contributed by atoms with E-state index in [-0.39, 0.29) is 0 Å². The third kappa shape index (κ3) is 5.52. The molecule has 0 bridgehead atoms. The molecule has 1 saturated carbocycles. The van der Waals surface area contributed by atoms with Crippen molar-refractivity contribution in [1.82, 2.24) is 5.32 Å². The molecule has 23 heavy (non-hydrogen) atoms. The van der Waals surface area contributed by atoms with Gasteiger partial charge in [-0.1, -0.05) is 44.2 Å². The summed E-state index contributed by atoms with van der Waals surface area (Å²) >= 11 is 0. The highest BCUT2D eigenvalue weighted by Gasteiger charge is 2.26. The number of nitrogens with one attached hydrogen (secondary N) is 1. The normalized spacial score (nSPS) is 18.2. The third-order valence-electron chi connectivity index (χ3n) is 4.63. The minimum Gasteiger partial charge on any atom is -0.497 e. The van der Waals surface area contributed by atoms with Crippen molar-refractivity contribution in [2.75, 3.05) is 7.11 Å². The second-order valence-electron chi connectivity index (χ2n) is 6.41. The maximum absolute atomic E-state index is 12.1. The highest BCUT2D eigenvalue weighted by Crippen LogP contribution is 2.27. The summed E-state index contributed by atoms with van der Waals surface area (Å²) in [7, 11) is 1.61. The van der Waals surface area contributed by atoms with E-state index < -0.39 is 18.1 Å². The van der Waals surface area contributed by atoms with E-state index in [4.69, 9.17) is 10.5 Å². The predicted octanol–water partition coefficient (Wildman–Crippen LogP) is 1.97. The summed E-state index contributed by atoms with van der Waals surface area (Å²) in [5, 5.41) is 12.9. The fourth-order valence-electron chi connectivity index (χ4n) is 3.17. The SMILES string of the molecule is COc1ccc(CNC(=O)C(O)[C@H](N)CC2CCCCC2)cc1. The standard InChI is InChI=1S/C18H28N2O3/c1-23-15-9-7-14(8-10-15)12-20-18(22)17(21)16(19)11-13-5-3-2-4-6-13/h7-10,13,16-17,21H,2-6,11-12,19H2,1H3,(H,20,22)/t16-,17?/m1/s1. The number of methoxy groups -OCH3 is 1. The zero-order valence-electron chi connectivity index (χ0n) is 13.8. The molecule has 0 heterocycles. The highest BCUT2D eigenvalue weighted by atomic mass is 16.5. The van der Waals surface area contributed by atoms with Crippen LogP contribution in [0.2, 0.25) is 0 Å². The molecule has 128 valence electrons. The van der Waals surface area contributed by atoms with Gasteiger partial charge in [0, 0.05) is 12.6 Å². The number of ether oxygens (including phenoxy) is 1. The Balaban J connectivity index is 1.76. The summed E-state index contributed by atoms with van der Waals surface area (Å²) in [6.07, 6.45) is 5.65. The molecule has 1 aromatic rings. The molecule has 1 aliphatic carbocycles. The van der Waals surface area contributed by atoms with E-state index in [1.165, 1.54) is 19.3 Å². The van der Waals surface area contributed by atoms with Gasteiger partial charge in [-0.2, -0.15) is 0 Å². The van der Waals surface area contributed by atoms with E-state index in [0.717, 1.165) is 30.6 Å². The van der Waals surface area contributed by atoms with E-state index in [0.29, 0.717) is 12.5 Å². The van der Waals surface area contributed by atoms with Crippen molar-refractivity contribution in [2.24, 2.45) is 11.7 Å². The van der Waals surface area contributed by atoms with Crippen LogP contribution in [0, 0.1) is 5.92 Å². The van der Waals surface area contributed by atoms with Crippen LogP contribution >= 0.6 is 0 Å². The van der Waals surface area contributed by atoms with Gasteiger partial charge in [0.25, 0.3) is 5.91 Å². The van der Waals surface area contributed by atoms with Gasteiger partial charge in [-0.25, -0.2) is 0 Å². The highest BCUT2D eigenvalue weighted by molar-refractivity contribution is 5.81. The maximum Gasteiger partial charge on any atom is 0.250 e. The van der Waals surface area contributed by atoms with Crippen molar-refractivity contribution in [1.29, 1.82) is 0 Å². The molecular formula is C18H28N2O3. The Labute approximate surface area is 138 Å². The van der Waals surface area contributed by atoms with E-state index in [9.17, 15) is 9.90 Å². The van der Waals surface area contributed by atoms with E-state index >= 15 is 0 Å². The maximum atomic E-state index is 12.1. The lowest BCUT2D eigenvalue weighted by Crippen LogP contribution is -2.47.